The number of benzene rings is 8. The standard InChI is InChI=1S/C46H27N5/c47-28-29-11-9-14-33(27-29)45-48-44(32-23-21-31(22-24-32)30-12-3-1-4-13-30)49-46(50-45)38-25-26-40-43-41(38)36-18-8-7-17-35(36)37-19-10-20-39(42(37)43)51(40)34-15-5-2-6-16-34/h1-27H/i2D,5D,6D,7D,8D,10D,15D,16D,17D,18D,19D,20D,25D,26D. The minimum Gasteiger partial charge on any atom is -0.309 e. The number of para-hydroxylation sites is 1. The van der Waals surface area contributed by atoms with Crippen LogP contribution in [0.15, 0.2) is 163 Å². The van der Waals surface area contributed by atoms with E-state index >= 15 is 0 Å². The zero-order chi connectivity index (χ0) is 46.1. The fourth-order valence-electron chi connectivity index (χ4n) is 6.61. The third kappa shape index (κ3) is 4.58. The van der Waals surface area contributed by atoms with Crippen LogP contribution in [0, 0.1) is 11.3 Å². The highest BCUT2D eigenvalue weighted by molar-refractivity contribution is 6.36. The van der Waals surface area contributed by atoms with Gasteiger partial charge < -0.3 is 4.57 Å². The summed E-state index contributed by atoms with van der Waals surface area (Å²) >= 11 is 0. The number of rotatable bonds is 5. The molecular formula is C46H27N5. The van der Waals surface area contributed by atoms with Crippen LogP contribution in [0.1, 0.15) is 24.8 Å². The predicted molar refractivity (Wildman–Crippen MR) is 207 cm³/mol. The Labute approximate surface area is 313 Å². The molecule has 0 atom stereocenters. The maximum absolute atomic E-state index is 9.82. The lowest BCUT2D eigenvalue weighted by atomic mass is 9.91. The van der Waals surface area contributed by atoms with Crippen molar-refractivity contribution in [3.05, 3.63) is 169 Å². The third-order valence-corrected chi connectivity index (χ3v) is 8.85. The van der Waals surface area contributed by atoms with Gasteiger partial charge in [0.25, 0.3) is 0 Å². The summed E-state index contributed by atoms with van der Waals surface area (Å²) in [6.07, 6.45) is 0. The van der Waals surface area contributed by atoms with Gasteiger partial charge in [0.05, 0.1) is 41.9 Å². The molecule has 236 valence electrons. The summed E-state index contributed by atoms with van der Waals surface area (Å²) in [6, 6.07) is 16.1. The van der Waals surface area contributed by atoms with E-state index < -0.39 is 90.3 Å². The SMILES string of the molecule is [2H]c1c([2H])c([2H])c(-n2c3c([2H])c([2H])c([2H])c4c5c([2H])c([2H])c([2H])c([2H])c5c5c(-c6nc(-c7ccc(-c8ccccc8)cc7)nc(-c7cccc(C#N)c7)n6)c([2H])c([2H])c2c5c43)c([2H])c1[2H]. The predicted octanol–water partition coefficient (Wildman–Crippen LogP) is 11.3. The molecule has 10 aromatic rings. The van der Waals surface area contributed by atoms with Crippen molar-refractivity contribution >= 4 is 43.4 Å². The molecule has 0 unspecified atom stereocenters. The van der Waals surface area contributed by atoms with Crippen LogP contribution in [0.25, 0.3) is 94.3 Å². The van der Waals surface area contributed by atoms with Gasteiger partial charge in [0.2, 0.25) is 0 Å². The Balaban J connectivity index is 1.44. The van der Waals surface area contributed by atoms with Gasteiger partial charge in [-0.05, 0) is 69.6 Å². The van der Waals surface area contributed by atoms with Gasteiger partial charge in [0.15, 0.2) is 17.5 Å². The highest BCUT2D eigenvalue weighted by Crippen LogP contribution is 2.46. The third-order valence-electron chi connectivity index (χ3n) is 8.85. The molecule has 0 saturated carbocycles. The molecular weight excluding hydrogens is 623 g/mol. The maximum atomic E-state index is 9.82. The van der Waals surface area contributed by atoms with E-state index in [1.807, 2.05) is 42.5 Å². The van der Waals surface area contributed by atoms with Gasteiger partial charge in [-0.3, -0.25) is 0 Å². The van der Waals surface area contributed by atoms with Crippen molar-refractivity contribution in [2.24, 2.45) is 0 Å². The van der Waals surface area contributed by atoms with Crippen LogP contribution >= 0.6 is 0 Å². The molecule has 0 bridgehead atoms. The highest BCUT2D eigenvalue weighted by Gasteiger charge is 2.23. The number of hydrogen-bond donors (Lipinski definition) is 0. The summed E-state index contributed by atoms with van der Waals surface area (Å²) in [5, 5.41) is 8.88. The quantitative estimate of drug-likeness (QED) is 0.172. The molecule has 0 amide bonds. The summed E-state index contributed by atoms with van der Waals surface area (Å²) in [6.45, 7) is 0. The molecule has 0 fully saturated rings. The summed E-state index contributed by atoms with van der Waals surface area (Å²) < 4.78 is 128. The molecule has 0 aliphatic carbocycles. The van der Waals surface area contributed by atoms with E-state index in [2.05, 4.69) is 6.07 Å². The van der Waals surface area contributed by atoms with Crippen molar-refractivity contribution in [1.82, 2.24) is 19.5 Å². The average Bonchev–Trinajstić information content (AvgIpc) is 3.67. The Kier molecular flexibility index (Phi) is 4.05. The van der Waals surface area contributed by atoms with Gasteiger partial charge in [0, 0.05) is 38.5 Å². The highest BCUT2D eigenvalue weighted by atomic mass is 15.0. The van der Waals surface area contributed by atoms with Gasteiger partial charge in [0.1, 0.15) is 0 Å². The zero-order valence-electron chi connectivity index (χ0n) is 40.2. The van der Waals surface area contributed by atoms with Gasteiger partial charge in [-0.1, -0.05) is 121 Å². The van der Waals surface area contributed by atoms with Crippen LogP contribution in [0.2, 0.25) is 0 Å². The number of aromatic nitrogens is 4. The molecule has 0 N–H and O–H groups in total. The first-order chi connectivity index (χ1) is 31.1. The molecule has 5 nitrogen and oxygen atoms in total. The fraction of sp³-hybridized carbons (Fsp3) is 0. The lowest BCUT2D eigenvalue weighted by molar-refractivity contribution is 1.08. The molecule has 10 rings (SSSR count). The van der Waals surface area contributed by atoms with E-state index in [9.17, 15) is 13.5 Å². The molecule has 51 heavy (non-hydrogen) atoms. The molecule has 0 spiro atoms. The van der Waals surface area contributed by atoms with E-state index in [-0.39, 0.29) is 72.0 Å². The molecule has 0 saturated heterocycles. The van der Waals surface area contributed by atoms with E-state index in [0.29, 0.717) is 11.1 Å². The van der Waals surface area contributed by atoms with Crippen molar-refractivity contribution in [2.75, 3.05) is 0 Å². The van der Waals surface area contributed by atoms with Crippen LogP contribution in [-0.4, -0.2) is 19.5 Å². The number of nitrogens with zero attached hydrogens (tertiary/aromatic N) is 5. The first-order valence-corrected chi connectivity index (χ1v) is 15.8. The fourth-order valence-corrected chi connectivity index (χ4v) is 6.61. The van der Waals surface area contributed by atoms with Crippen molar-refractivity contribution in [3.8, 4) is 57.0 Å². The number of nitriles is 1. The second-order valence-electron chi connectivity index (χ2n) is 11.7. The second-order valence-corrected chi connectivity index (χ2v) is 11.7. The summed E-state index contributed by atoms with van der Waals surface area (Å²) in [5.41, 5.74) is 1.70. The molecule has 8 aromatic carbocycles. The molecule has 2 aromatic heterocycles. The average molecular weight is 664 g/mol. The van der Waals surface area contributed by atoms with Gasteiger partial charge >= 0.3 is 0 Å². The van der Waals surface area contributed by atoms with E-state index in [1.54, 1.807) is 36.4 Å². The molecule has 5 heteroatoms. The normalized spacial score (nSPS) is 15.4. The lowest BCUT2D eigenvalue weighted by Gasteiger charge is -2.14. The van der Waals surface area contributed by atoms with Crippen LogP contribution in [0.4, 0.5) is 0 Å². The van der Waals surface area contributed by atoms with Crippen LogP contribution in [0.3, 0.4) is 0 Å². The van der Waals surface area contributed by atoms with Crippen molar-refractivity contribution < 1.29 is 19.2 Å². The molecule has 2 heterocycles. The Morgan fingerprint density at radius 1 is 0.490 bits per heavy atom. The smallest absolute Gasteiger partial charge is 0.164 e. The topological polar surface area (TPSA) is 67.4 Å². The molecule has 0 aliphatic rings. The van der Waals surface area contributed by atoms with Crippen LogP contribution in [0.5, 0.6) is 0 Å². The number of hydrogen-bond acceptors (Lipinski definition) is 4. The minimum absolute atomic E-state index is 0.0430. The maximum Gasteiger partial charge on any atom is 0.164 e. The summed E-state index contributed by atoms with van der Waals surface area (Å²) in [5.74, 6) is -0.0876. The Morgan fingerprint density at radius 3 is 1.92 bits per heavy atom. The van der Waals surface area contributed by atoms with Gasteiger partial charge in [-0.25, -0.2) is 15.0 Å². The molecule has 0 radical (unpaired) electrons. The Bertz CT molecular complexity index is 3740. The van der Waals surface area contributed by atoms with Crippen LogP contribution in [-0.2, 0) is 0 Å². The van der Waals surface area contributed by atoms with Crippen molar-refractivity contribution in [3.63, 3.8) is 0 Å². The van der Waals surface area contributed by atoms with E-state index in [0.717, 1.165) is 15.7 Å². The largest absolute Gasteiger partial charge is 0.309 e. The van der Waals surface area contributed by atoms with Crippen molar-refractivity contribution in [2.45, 2.75) is 0 Å². The van der Waals surface area contributed by atoms with E-state index in [1.165, 1.54) is 0 Å². The monoisotopic (exact) mass is 663 g/mol. The minimum atomic E-state index is -0.749. The van der Waals surface area contributed by atoms with Gasteiger partial charge in [-0.2, -0.15) is 5.26 Å². The van der Waals surface area contributed by atoms with Crippen molar-refractivity contribution in [1.29, 1.82) is 5.26 Å². The first-order valence-electron chi connectivity index (χ1n) is 22.8. The first kappa shape index (κ1) is 18.0. The zero-order valence-corrected chi connectivity index (χ0v) is 26.2. The Morgan fingerprint density at radius 2 is 1.12 bits per heavy atom. The van der Waals surface area contributed by atoms with E-state index in [4.69, 9.17) is 25.9 Å². The number of fused-ring (bicyclic) bond motifs is 3. The lowest BCUT2D eigenvalue weighted by Crippen LogP contribution is -2.01. The van der Waals surface area contributed by atoms with Gasteiger partial charge in [-0.15, -0.1) is 0 Å². The second kappa shape index (κ2) is 11.5. The Hall–Kier alpha value is -7.16. The molecule has 0 aliphatic heterocycles. The van der Waals surface area contributed by atoms with Crippen LogP contribution < -0.4 is 0 Å². The summed E-state index contributed by atoms with van der Waals surface area (Å²) in [7, 11) is 0. The summed E-state index contributed by atoms with van der Waals surface area (Å²) in [4.78, 5) is 14.5.